The fourth-order valence-electron chi connectivity index (χ4n) is 5.84. The van der Waals surface area contributed by atoms with Crippen molar-refractivity contribution in [3.63, 3.8) is 0 Å². The Hall–Kier alpha value is -2.50. The Bertz CT molecular complexity index is 1130. The first-order valence-electron chi connectivity index (χ1n) is 11.2. The molecule has 1 amide bonds. The first kappa shape index (κ1) is 19.5. The monoisotopic (exact) mass is 406 g/mol. The number of benzene rings is 1. The molecule has 2 bridgehead atoms. The summed E-state index contributed by atoms with van der Waals surface area (Å²) in [6.45, 7) is 7.66. The molecule has 30 heavy (non-hydrogen) atoms. The first-order valence-corrected chi connectivity index (χ1v) is 11.2. The third kappa shape index (κ3) is 2.76. The van der Waals surface area contributed by atoms with Crippen molar-refractivity contribution >= 4 is 22.5 Å². The number of amides is 1. The molecule has 2 atom stereocenters. The normalized spacial score (nSPS) is 28.5. The van der Waals surface area contributed by atoms with Crippen molar-refractivity contribution in [3.05, 3.63) is 39.9 Å². The second-order valence-electron chi connectivity index (χ2n) is 10.0. The molecule has 2 fully saturated rings. The number of nitrogens with one attached hydrogen (secondary N) is 1. The maximum atomic E-state index is 12.9. The predicted octanol–water partition coefficient (Wildman–Crippen LogP) is 4.05. The summed E-state index contributed by atoms with van der Waals surface area (Å²) in [5, 5.41) is 5.14. The van der Waals surface area contributed by atoms with Gasteiger partial charge in [0.1, 0.15) is 5.82 Å². The number of carbonyl (C=O) groups excluding carboxylic acids is 1. The highest BCUT2D eigenvalue weighted by molar-refractivity contribution is 6.00. The number of hydrogen-bond donors (Lipinski definition) is 1. The van der Waals surface area contributed by atoms with E-state index in [0.29, 0.717) is 22.4 Å². The molecule has 2 heterocycles. The fourth-order valence-corrected chi connectivity index (χ4v) is 5.84. The minimum Gasteiger partial charge on any atom is -0.296 e. The van der Waals surface area contributed by atoms with Gasteiger partial charge in [-0.1, -0.05) is 27.2 Å². The summed E-state index contributed by atoms with van der Waals surface area (Å²) in [5.74, 6) is 1.23. The van der Waals surface area contributed by atoms with Crippen LogP contribution in [0.4, 0.5) is 0 Å². The summed E-state index contributed by atoms with van der Waals surface area (Å²) in [6.07, 6.45) is 7.32. The van der Waals surface area contributed by atoms with Gasteiger partial charge in [-0.3, -0.25) is 14.2 Å². The molecule has 6 nitrogen and oxygen atoms in total. The van der Waals surface area contributed by atoms with Gasteiger partial charge in [0.2, 0.25) is 0 Å². The highest BCUT2D eigenvalue weighted by atomic mass is 16.2. The van der Waals surface area contributed by atoms with E-state index in [1.54, 1.807) is 22.8 Å². The first-order chi connectivity index (χ1) is 14.3. The van der Waals surface area contributed by atoms with Crippen molar-refractivity contribution < 1.29 is 4.79 Å². The average molecular weight is 407 g/mol. The molecule has 2 saturated carbocycles. The van der Waals surface area contributed by atoms with Gasteiger partial charge in [0, 0.05) is 29.7 Å². The molecule has 1 aromatic heterocycles. The molecule has 6 heteroatoms. The second-order valence-corrected chi connectivity index (χ2v) is 10.0. The van der Waals surface area contributed by atoms with Crippen molar-refractivity contribution in [1.82, 2.24) is 15.0 Å². The Morgan fingerprint density at radius 2 is 2.07 bits per heavy atom. The van der Waals surface area contributed by atoms with Crippen LogP contribution in [0.1, 0.15) is 75.5 Å². The van der Waals surface area contributed by atoms with E-state index in [0.717, 1.165) is 56.6 Å². The van der Waals surface area contributed by atoms with Gasteiger partial charge in [-0.15, -0.1) is 0 Å². The topological polar surface area (TPSA) is 76.3 Å². The number of rotatable bonds is 2. The van der Waals surface area contributed by atoms with Crippen LogP contribution in [0, 0.1) is 16.7 Å². The molecule has 0 saturated heterocycles. The van der Waals surface area contributed by atoms with E-state index in [2.05, 4.69) is 31.3 Å². The molecule has 5 rings (SSSR count). The lowest BCUT2D eigenvalue weighted by atomic mass is 9.70. The van der Waals surface area contributed by atoms with E-state index < -0.39 is 0 Å². The molecular formula is C24H30N4O2. The zero-order valence-electron chi connectivity index (χ0n) is 18.1. The van der Waals surface area contributed by atoms with Crippen LogP contribution < -0.4 is 11.0 Å². The lowest BCUT2D eigenvalue weighted by Gasteiger charge is -2.34. The van der Waals surface area contributed by atoms with Gasteiger partial charge in [-0.2, -0.15) is 5.10 Å². The quantitative estimate of drug-likeness (QED) is 0.764. The summed E-state index contributed by atoms with van der Waals surface area (Å²) in [4.78, 5) is 30.4. The third-order valence-corrected chi connectivity index (χ3v) is 8.38. The second kappa shape index (κ2) is 6.76. The van der Waals surface area contributed by atoms with E-state index in [-0.39, 0.29) is 22.3 Å². The lowest BCUT2D eigenvalue weighted by Crippen LogP contribution is -2.34. The molecule has 0 radical (unpaired) electrons. The van der Waals surface area contributed by atoms with Crippen LogP contribution in [-0.4, -0.2) is 21.2 Å². The summed E-state index contributed by atoms with van der Waals surface area (Å²) in [6, 6.07) is 5.16. The van der Waals surface area contributed by atoms with Gasteiger partial charge in [0.05, 0.1) is 10.9 Å². The number of nitrogens with zero attached hydrogens (tertiary/aromatic N) is 3. The van der Waals surface area contributed by atoms with Crippen LogP contribution in [0.3, 0.4) is 0 Å². The number of fused-ring (bicyclic) bond motifs is 4. The molecular weight excluding hydrogens is 376 g/mol. The minimum atomic E-state index is -0.245. The minimum absolute atomic E-state index is 0.00115. The van der Waals surface area contributed by atoms with Crippen LogP contribution in [0.5, 0.6) is 0 Å². The number of hydrogen-bond acceptors (Lipinski definition) is 4. The van der Waals surface area contributed by atoms with E-state index in [9.17, 15) is 9.59 Å². The molecule has 3 aliphatic rings. The summed E-state index contributed by atoms with van der Waals surface area (Å²) >= 11 is 0. The lowest BCUT2D eigenvalue weighted by molar-refractivity contribution is 0.0954. The molecule has 2 aliphatic carbocycles. The summed E-state index contributed by atoms with van der Waals surface area (Å²) in [7, 11) is 0. The van der Waals surface area contributed by atoms with E-state index >= 15 is 0 Å². The molecule has 0 unspecified atom stereocenters. The molecule has 158 valence electrons. The molecule has 1 aromatic carbocycles. The number of carbonyl (C=O) groups is 1. The molecule has 0 spiro atoms. The average Bonchev–Trinajstić information content (AvgIpc) is 2.95. The molecule has 2 aromatic rings. The number of aryl methyl sites for hydroxylation is 1. The predicted molar refractivity (Wildman–Crippen MR) is 118 cm³/mol. The zero-order chi connectivity index (χ0) is 21.1. The standard InChI is InChI=1S/C24H30N4O2/c1-23(2)16-10-11-24(23,3)19(14-16)26-27-21(29)15-8-9-17-18(13-15)25-20-7-5-4-6-12-28(20)22(17)30/h8-9,13,16H,4-7,10-12,14H2,1-3H3,(H,27,29)/b26-19+/t16-,24-/m0/s1. The highest BCUT2D eigenvalue weighted by Crippen LogP contribution is 2.63. The SMILES string of the molecule is CC1(C)[C@H]2CC[C@@]1(C)/C(=N/NC(=O)c1ccc3c(=O)n4c(nc3c1)CCCCC4)C2. The third-order valence-electron chi connectivity index (χ3n) is 8.38. The smallest absolute Gasteiger partial charge is 0.271 e. The maximum absolute atomic E-state index is 12.9. The van der Waals surface area contributed by atoms with Crippen LogP contribution in [0.25, 0.3) is 10.9 Å². The van der Waals surface area contributed by atoms with Crippen molar-refractivity contribution in [2.24, 2.45) is 21.8 Å². The van der Waals surface area contributed by atoms with E-state index in [4.69, 9.17) is 4.98 Å². The van der Waals surface area contributed by atoms with Gasteiger partial charge < -0.3 is 0 Å². The van der Waals surface area contributed by atoms with E-state index in [1.165, 1.54) is 6.42 Å². The van der Waals surface area contributed by atoms with Gasteiger partial charge in [-0.25, -0.2) is 10.4 Å². The molecule has 1 N–H and O–H groups in total. The van der Waals surface area contributed by atoms with Crippen molar-refractivity contribution in [1.29, 1.82) is 0 Å². The van der Waals surface area contributed by atoms with Gasteiger partial charge in [-0.05, 0) is 61.6 Å². The van der Waals surface area contributed by atoms with Crippen LogP contribution in [0.2, 0.25) is 0 Å². The molecule has 1 aliphatic heterocycles. The zero-order valence-corrected chi connectivity index (χ0v) is 18.1. The van der Waals surface area contributed by atoms with Crippen molar-refractivity contribution in [2.75, 3.05) is 0 Å². The summed E-state index contributed by atoms with van der Waals surface area (Å²) < 4.78 is 1.80. The highest BCUT2D eigenvalue weighted by Gasteiger charge is 2.60. The van der Waals surface area contributed by atoms with E-state index in [1.807, 2.05) is 0 Å². The Morgan fingerprint density at radius 1 is 1.23 bits per heavy atom. The van der Waals surface area contributed by atoms with Crippen molar-refractivity contribution in [3.8, 4) is 0 Å². The van der Waals surface area contributed by atoms with Crippen LogP contribution in [-0.2, 0) is 13.0 Å². The van der Waals surface area contributed by atoms with Crippen LogP contribution in [0.15, 0.2) is 28.1 Å². The summed E-state index contributed by atoms with van der Waals surface area (Å²) in [5.41, 5.74) is 5.26. The Labute approximate surface area is 176 Å². The van der Waals surface area contributed by atoms with Gasteiger partial charge >= 0.3 is 0 Å². The Morgan fingerprint density at radius 3 is 2.80 bits per heavy atom. The Balaban J connectivity index is 1.43. The van der Waals surface area contributed by atoms with Gasteiger partial charge in [0.25, 0.3) is 11.5 Å². The van der Waals surface area contributed by atoms with Crippen molar-refractivity contribution in [2.45, 2.75) is 72.3 Å². The Kier molecular flexibility index (Phi) is 4.38. The largest absolute Gasteiger partial charge is 0.296 e. The van der Waals surface area contributed by atoms with Gasteiger partial charge in [0.15, 0.2) is 0 Å². The number of aromatic nitrogens is 2. The van der Waals surface area contributed by atoms with Crippen LogP contribution >= 0.6 is 0 Å². The maximum Gasteiger partial charge on any atom is 0.271 e. The number of hydrazone groups is 1. The fraction of sp³-hybridized carbons (Fsp3) is 0.583.